The zero-order chi connectivity index (χ0) is 20.3. The Morgan fingerprint density at radius 3 is 2.82 bits per heavy atom. The number of nitrogens with zero attached hydrogens (tertiary/aromatic N) is 4. The molecule has 7 nitrogen and oxygen atoms in total. The molecular formula is C18H19Cl2N5O2S. The molecule has 0 spiro atoms. The van der Waals surface area contributed by atoms with Gasteiger partial charge in [-0.05, 0) is 30.5 Å². The highest BCUT2D eigenvalue weighted by molar-refractivity contribution is 7.99. The van der Waals surface area contributed by atoms with Crippen molar-refractivity contribution in [2.24, 2.45) is 5.92 Å². The molecule has 0 aliphatic heterocycles. The molecule has 0 aliphatic carbocycles. The summed E-state index contributed by atoms with van der Waals surface area (Å²) >= 11 is 13.5. The Morgan fingerprint density at radius 2 is 2.14 bits per heavy atom. The average Bonchev–Trinajstić information content (AvgIpc) is 3.30. The predicted octanol–water partition coefficient (Wildman–Crippen LogP) is 4.94. The van der Waals surface area contributed by atoms with Crippen molar-refractivity contribution < 1.29 is 9.21 Å². The maximum absolute atomic E-state index is 12.4. The van der Waals surface area contributed by atoms with Crippen LogP contribution in [0.15, 0.2) is 34.2 Å². The van der Waals surface area contributed by atoms with E-state index in [1.54, 1.807) is 19.3 Å². The summed E-state index contributed by atoms with van der Waals surface area (Å²) in [4.78, 5) is 16.4. The Labute approximate surface area is 176 Å². The number of amides is 1. The molecule has 1 N–H and O–H groups in total. The third-order valence-corrected chi connectivity index (χ3v) is 5.61. The zero-order valence-electron chi connectivity index (χ0n) is 15.6. The van der Waals surface area contributed by atoms with E-state index in [0.717, 1.165) is 0 Å². The van der Waals surface area contributed by atoms with Gasteiger partial charge < -0.3 is 9.73 Å². The molecule has 1 amide bonds. The van der Waals surface area contributed by atoms with Crippen LogP contribution in [0, 0.1) is 12.8 Å². The standard InChI is InChI=1S/C18H19Cl2N5O2S/c1-10(2)8-25-17(13-5-4-6-27-13)23-24-18(25)28-9-14(26)22-16-15(20)11(3)12(19)7-21-16/h4-7,10H,8-9H2,1-3H3,(H,21,22,26). The van der Waals surface area contributed by atoms with Crippen molar-refractivity contribution in [3.05, 3.63) is 40.2 Å². The number of thioether (sulfide) groups is 1. The number of hydrogen-bond acceptors (Lipinski definition) is 6. The second-order valence-corrected chi connectivity index (χ2v) is 8.25. The van der Waals surface area contributed by atoms with Crippen LogP contribution in [0.3, 0.4) is 0 Å². The van der Waals surface area contributed by atoms with E-state index in [-0.39, 0.29) is 17.5 Å². The van der Waals surface area contributed by atoms with E-state index in [1.165, 1.54) is 18.0 Å². The molecule has 148 valence electrons. The fraction of sp³-hybridized carbons (Fsp3) is 0.333. The highest BCUT2D eigenvalue weighted by Gasteiger charge is 2.19. The van der Waals surface area contributed by atoms with Gasteiger partial charge in [-0.25, -0.2) is 4.98 Å². The second-order valence-electron chi connectivity index (χ2n) is 6.52. The first kappa shape index (κ1) is 20.7. The Bertz CT molecular complexity index is 973. The van der Waals surface area contributed by atoms with Crippen molar-refractivity contribution in [2.45, 2.75) is 32.5 Å². The molecule has 3 aromatic heterocycles. The van der Waals surface area contributed by atoms with Crippen LogP contribution in [0.25, 0.3) is 11.6 Å². The number of rotatable bonds is 7. The van der Waals surface area contributed by atoms with Gasteiger partial charge in [0, 0.05) is 12.7 Å². The Kier molecular flexibility index (Phi) is 6.64. The minimum atomic E-state index is -0.250. The van der Waals surface area contributed by atoms with Crippen LogP contribution >= 0.6 is 35.0 Å². The first-order valence-corrected chi connectivity index (χ1v) is 10.3. The highest BCUT2D eigenvalue weighted by atomic mass is 35.5. The lowest BCUT2D eigenvalue weighted by molar-refractivity contribution is -0.113. The van der Waals surface area contributed by atoms with Gasteiger partial charge in [-0.15, -0.1) is 10.2 Å². The largest absolute Gasteiger partial charge is 0.461 e. The predicted molar refractivity (Wildman–Crippen MR) is 111 cm³/mol. The van der Waals surface area contributed by atoms with Crippen LogP contribution in [-0.4, -0.2) is 31.4 Å². The summed E-state index contributed by atoms with van der Waals surface area (Å²) in [6.07, 6.45) is 3.05. The topological polar surface area (TPSA) is 85.8 Å². The molecule has 0 unspecified atom stereocenters. The highest BCUT2D eigenvalue weighted by Crippen LogP contribution is 2.29. The summed E-state index contributed by atoms with van der Waals surface area (Å²) in [6, 6.07) is 3.63. The van der Waals surface area contributed by atoms with Crippen LogP contribution < -0.4 is 5.32 Å². The first-order chi connectivity index (χ1) is 13.4. The monoisotopic (exact) mass is 439 g/mol. The van der Waals surface area contributed by atoms with Gasteiger partial charge in [-0.3, -0.25) is 9.36 Å². The minimum absolute atomic E-state index is 0.133. The number of halogens is 2. The van der Waals surface area contributed by atoms with Crippen molar-refractivity contribution >= 4 is 46.7 Å². The number of anilines is 1. The quantitative estimate of drug-likeness (QED) is 0.524. The molecule has 0 atom stereocenters. The number of hydrogen-bond donors (Lipinski definition) is 1. The van der Waals surface area contributed by atoms with E-state index in [4.69, 9.17) is 27.6 Å². The SMILES string of the molecule is Cc1c(Cl)cnc(NC(=O)CSc2nnc(-c3ccco3)n2CC(C)C)c1Cl. The summed E-state index contributed by atoms with van der Waals surface area (Å²) in [6.45, 7) is 6.67. The Balaban J connectivity index is 1.72. The van der Waals surface area contributed by atoms with Crippen molar-refractivity contribution in [3.63, 3.8) is 0 Å². The minimum Gasteiger partial charge on any atom is -0.461 e. The summed E-state index contributed by atoms with van der Waals surface area (Å²) in [5, 5.41) is 12.6. The average molecular weight is 440 g/mol. The van der Waals surface area contributed by atoms with Gasteiger partial charge in [0.2, 0.25) is 5.91 Å². The van der Waals surface area contributed by atoms with Gasteiger partial charge in [0.1, 0.15) is 0 Å². The third kappa shape index (κ3) is 4.68. The van der Waals surface area contributed by atoms with Crippen LogP contribution in [0.4, 0.5) is 5.82 Å². The lowest BCUT2D eigenvalue weighted by atomic mass is 10.2. The molecule has 0 saturated heterocycles. The lowest BCUT2D eigenvalue weighted by Crippen LogP contribution is -2.16. The van der Waals surface area contributed by atoms with Crippen LogP contribution in [0.1, 0.15) is 19.4 Å². The van der Waals surface area contributed by atoms with Gasteiger partial charge in [0.15, 0.2) is 22.6 Å². The van der Waals surface area contributed by atoms with Crippen LogP contribution in [-0.2, 0) is 11.3 Å². The number of pyridine rings is 1. The van der Waals surface area contributed by atoms with Gasteiger partial charge in [0.05, 0.1) is 22.1 Å². The molecule has 10 heteroatoms. The summed E-state index contributed by atoms with van der Waals surface area (Å²) < 4.78 is 7.41. The van der Waals surface area contributed by atoms with Crippen molar-refractivity contribution in [2.75, 3.05) is 11.1 Å². The van der Waals surface area contributed by atoms with E-state index in [9.17, 15) is 4.79 Å². The van der Waals surface area contributed by atoms with Gasteiger partial charge in [0.25, 0.3) is 0 Å². The molecule has 0 aliphatic rings. The fourth-order valence-corrected chi connectivity index (χ4v) is 3.59. The fourth-order valence-electron chi connectivity index (χ4n) is 2.46. The van der Waals surface area contributed by atoms with Crippen LogP contribution in [0.2, 0.25) is 10.0 Å². The number of aromatic nitrogens is 4. The van der Waals surface area contributed by atoms with Gasteiger partial charge in [-0.2, -0.15) is 0 Å². The molecule has 28 heavy (non-hydrogen) atoms. The van der Waals surface area contributed by atoms with Crippen molar-refractivity contribution in [1.29, 1.82) is 0 Å². The molecule has 3 rings (SSSR count). The molecule has 0 saturated carbocycles. The van der Waals surface area contributed by atoms with E-state index in [2.05, 4.69) is 34.3 Å². The third-order valence-electron chi connectivity index (χ3n) is 3.80. The van der Waals surface area contributed by atoms with E-state index in [1.807, 2.05) is 10.6 Å². The molecule has 0 aromatic carbocycles. The molecule has 0 fully saturated rings. The summed E-state index contributed by atoms with van der Waals surface area (Å²) in [5.41, 5.74) is 0.668. The first-order valence-electron chi connectivity index (χ1n) is 8.57. The Morgan fingerprint density at radius 1 is 1.36 bits per heavy atom. The lowest BCUT2D eigenvalue weighted by Gasteiger charge is -2.12. The van der Waals surface area contributed by atoms with E-state index < -0.39 is 0 Å². The molecule has 0 radical (unpaired) electrons. The smallest absolute Gasteiger partial charge is 0.236 e. The maximum Gasteiger partial charge on any atom is 0.236 e. The maximum atomic E-state index is 12.4. The van der Waals surface area contributed by atoms with E-state index in [0.29, 0.717) is 44.8 Å². The molecule has 3 aromatic rings. The zero-order valence-corrected chi connectivity index (χ0v) is 17.9. The normalized spacial score (nSPS) is 11.2. The number of carbonyl (C=O) groups excluding carboxylic acids is 1. The van der Waals surface area contributed by atoms with Crippen LogP contribution in [0.5, 0.6) is 0 Å². The van der Waals surface area contributed by atoms with Crippen molar-refractivity contribution in [1.82, 2.24) is 19.7 Å². The van der Waals surface area contributed by atoms with Gasteiger partial charge in [-0.1, -0.05) is 48.8 Å². The molecule has 0 bridgehead atoms. The van der Waals surface area contributed by atoms with Crippen molar-refractivity contribution in [3.8, 4) is 11.6 Å². The Hall–Kier alpha value is -2.03. The summed E-state index contributed by atoms with van der Waals surface area (Å²) in [5.74, 6) is 1.82. The number of carbonyl (C=O) groups is 1. The molecule has 3 heterocycles. The second kappa shape index (κ2) is 8.98. The molecular weight excluding hydrogens is 421 g/mol. The number of furan rings is 1. The van der Waals surface area contributed by atoms with E-state index >= 15 is 0 Å². The summed E-state index contributed by atoms with van der Waals surface area (Å²) in [7, 11) is 0. The van der Waals surface area contributed by atoms with Gasteiger partial charge >= 0.3 is 0 Å². The number of nitrogens with one attached hydrogen (secondary N) is 1.